The summed E-state index contributed by atoms with van der Waals surface area (Å²) in [6.07, 6.45) is 4.42. The van der Waals surface area contributed by atoms with Crippen LogP contribution in [-0.4, -0.2) is 47.7 Å². The zero-order chi connectivity index (χ0) is 15.1. The van der Waals surface area contributed by atoms with Gasteiger partial charge in [-0.15, -0.1) is 23.1 Å². The number of aromatic nitrogens is 1. The van der Waals surface area contributed by atoms with Crippen LogP contribution in [0.3, 0.4) is 0 Å². The maximum atomic E-state index is 12.6. The van der Waals surface area contributed by atoms with Gasteiger partial charge in [0.05, 0.1) is 0 Å². The van der Waals surface area contributed by atoms with Crippen molar-refractivity contribution in [1.82, 2.24) is 15.2 Å². The number of hydrogen-bond acceptors (Lipinski definition) is 5. The van der Waals surface area contributed by atoms with E-state index in [4.69, 9.17) is 0 Å². The van der Waals surface area contributed by atoms with Gasteiger partial charge in [-0.2, -0.15) is 0 Å². The van der Waals surface area contributed by atoms with Gasteiger partial charge in [0, 0.05) is 22.7 Å². The smallest absolute Gasteiger partial charge is 0.270 e. The molecular formula is C16H19N3OS2. The third-order valence-corrected chi connectivity index (χ3v) is 6.38. The molecule has 2 aromatic rings. The summed E-state index contributed by atoms with van der Waals surface area (Å²) in [7, 11) is 0. The predicted octanol–water partition coefficient (Wildman–Crippen LogP) is 2.84. The van der Waals surface area contributed by atoms with Gasteiger partial charge in [0.2, 0.25) is 0 Å². The molecule has 0 radical (unpaired) electrons. The molecule has 5 rings (SSSR count). The van der Waals surface area contributed by atoms with Gasteiger partial charge in [-0.1, -0.05) is 0 Å². The molecule has 0 spiro atoms. The van der Waals surface area contributed by atoms with Crippen LogP contribution in [0.5, 0.6) is 0 Å². The van der Waals surface area contributed by atoms with Crippen LogP contribution < -0.4 is 5.32 Å². The molecule has 0 saturated carbocycles. The highest BCUT2D eigenvalue weighted by atomic mass is 32.2. The number of fused-ring (bicyclic) bond motifs is 4. The van der Waals surface area contributed by atoms with Gasteiger partial charge in [0.1, 0.15) is 10.7 Å². The third-order valence-electron chi connectivity index (χ3n) is 4.81. The van der Waals surface area contributed by atoms with Gasteiger partial charge in [-0.05, 0) is 55.6 Å². The topological polar surface area (TPSA) is 45.2 Å². The first kappa shape index (κ1) is 14.5. The minimum absolute atomic E-state index is 0.0238. The molecule has 1 amide bonds. The van der Waals surface area contributed by atoms with Crippen molar-refractivity contribution in [2.45, 2.75) is 23.9 Å². The van der Waals surface area contributed by atoms with Gasteiger partial charge in [0.15, 0.2) is 0 Å². The van der Waals surface area contributed by atoms with Gasteiger partial charge in [-0.25, -0.2) is 4.98 Å². The molecule has 5 heterocycles. The molecule has 116 valence electrons. The Balaban J connectivity index is 1.57. The number of thiophene rings is 1. The minimum atomic E-state index is -0.0238. The summed E-state index contributed by atoms with van der Waals surface area (Å²) < 4.78 is 1.14. The highest BCUT2D eigenvalue weighted by molar-refractivity contribution is 7.98. The first-order valence-corrected chi connectivity index (χ1v) is 9.80. The average Bonchev–Trinajstić information content (AvgIpc) is 3.03. The fraction of sp³-hybridized carbons (Fsp3) is 0.500. The summed E-state index contributed by atoms with van der Waals surface area (Å²) in [5.74, 6) is 0.615. The van der Waals surface area contributed by atoms with Crippen molar-refractivity contribution in [3.05, 3.63) is 23.2 Å². The van der Waals surface area contributed by atoms with Crippen LogP contribution >= 0.6 is 23.1 Å². The molecule has 22 heavy (non-hydrogen) atoms. The summed E-state index contributed by atoms with van der Waals surface area (Å²) in [6.45, 7) is 3.37. The molecule has 3 fully saturated rings. The quantitative estimate of drug-likeness (QED) is 0.878. The number of carbonyl (C=O) groups is 1. The van der Waals surface area contributed by atoms with Crippen LogP contribution in [0.15, 0.2) is 22.5 Å². The molecule has 0 aliphatic carbocycles. The third kappa shape index (κ3) is 2.53. The highest BCUT2D eigenvalue weighted by Gasteiger charge is 2.35. The highest BCUT2D eigenvalue weighted by Crippen LogP contribution is 2.30. The lowest BCUT2D eigenvalue weighted by molar-refractivity contribution is 0.0617. The predicted molar refractivity (Wildman–Crippen MR) is 91.8 cm³/mol. The lowest BCUT2D eigenvalue weighted by Crippen LogP contribution is -2.57. The Morgan fingerprint density at radius 2 is 2.27 bits per heavy atom. The monoisotopic (exact) mass is 333 g/mol. The number of hydrogen-bond donors (Lipinski definition) is 1. The minimum Gasteiger partial charge on any atom is -0.346 e. The lowest BCUT2D eigenvalue weighted by Gasteiger charge is -2.44. The number of carbonyl (C=O) groups excluding carboxylic acids is 1. The standard InChI is InChI=1S/C16H19N3OS2/c1-21-16-11-4-7-22-14(11)8-12(18-16)15(20)17-13-9-19-5-2-10(13)3-6-19/h4,7-8,10,13H,2-3,5-6,9H2,1H3,(H,17,20)/t13-/m0/s1. The normalized spacial score (nSPS) is 27.2. The molecule has 3 aliphatic heterocycles. The zero-order valence-corrected chi connectivity index (χ0v) is 14.2. The maximum absolute atomic E-state index is 12.6. The molecule has 0 aromatic carbocycles. The molecule has 0 unspecified atom stereocenters. The average molecular weight is 333 g/mol. The molecule has 2 aromatic heterocycles. The van der Waals surface area contributed by atoms with Crippen LogP contribution in [0, 0.1) is 5.92 Å². The number of nitrogens with zero attached hydrogens (tertiary/aromatic N) is 2. The largest absolute Gasteiger partial charge is 0.346 e. The van der Waals surface area contributed by atoms with Crippen LogP contribution in [0.1, 0.15) is 23.3 Å². The summed E-state index contributed by atoms with van der Waals surface area (Å²) in [6, 6.07) is 4.29. The summed E-state index contributed by atoms with van der Waals surface area (Å²) >= 11 is 3.27. The van der Waals surface area contributed by atoms with Gasteiger partial charge in [-0.3, -0.25) is 4.79 Å². The van der Waals surface area contributed by atoms with Crippen molar-refractivity contribution in [2.75, 3.05) is 25.9 Å². The number of piperidine rings is 3. The fourth-order valence-electron chi connectivity index (χ4n) is 3.58. The molecule has 4 nitrogen and oxygen atoms in total. The van der Waals surface area contributed by atoms with Crippen molar-refractivity contribution >= 4 is 39.1 Å². The van der Waals surface area contributed by atoms with E-state index in [0.717, 1.165) is 21.7 Å². The second-order valence-electron chi connectivity index (χ2n) is 6.07. The Kier molecular flexibility index (Phi) is 3.84. The van der Waals surface area contributed by atoms with Crippen molar-refractivity contribution in [1.29, 1.82) is 0 Å². The maximum Gasteiger partial charge on any atom is 0.270 e. The molecular weight excluding hydrogens is 314 g/mol. The van der Waals surface area contributed by atoms with E-state index >= 15 is 0 Å². The molecule has 6 heteroatoms. The van der Waals surface area contributed by atoms with Gasteiger partial charge < -0.3 is 10.2 Å². The fourth-order valence-corrected chi connectivity index (χ4v) is 5.05. The Labute approximate surface area is 138 Å². The number of amides is 1. The van der Waals surface area contributed by atoms with E-state index in [1.54, 1.807) is 23.1 Å². The van der Waals surface area contributed by atoms with Crippen molar-refractivity contribution in [2.24, 2.45) is 5.92 Å². The molecule has 1 N–H and O–H groups in total. The van der Waals surface area contributed by atoms with Crippen LogP contribution in [0.25, 0.3) is 10.1 Å². The van der Waals surface area contributed by atoms with E-state index in [1.807, 2.05) is 12.3 Å². The second kappa shape index (κ2) is 5.83. The first-order chi connectivity index (χ1) is 10.7. The molecule has 2 bridgehead atoms. The van der Waals surface area contributed by atoms with E-state index in [1.165, 1.54) is 25.9 Å². The van der Waals surface area contributed by atoms with Crippen molar-refractivity contribution < 1.29 is 4.79 Å². The summed E-state index contributed by atoms with van der Waals surface area (Å²) in [5.41, 5.74) is 0.552. The van der Waals surface area contributed by atoms with Crippen molar-refractivity contribution in [3.8, 4) is 0 Å². The Morgan fingerprint density at radius 1 is 1.45 bits per heavy atom. The van der Waals surface area contributed by atoms with E-state index in [9.17, 15) is 4.79 Å². The van der Waals surface area contributed by atoms with Crippen LogP contribution in [0.2, 0.25) is 0 Å². The van der Waals surface area contributed by atoms with E-state index in [0.29, 0.717) is 11.6 Å². The molecule has 3 saturated heterocycles. The zero-order valence-electron chi connectivity index (χ0n) is 12.5. The number of thioether (sulfide) groups is 1. The SMILES string of the molecule is CSc1nc(C(=O)N[C@H]2CN3CCC2CC3)cc2sccc12. The Hall–Kier alpha value is -1.11. The lowest BCUT2D eigenvalue weighted by atomic mass is 9.84. The van der Waals surface area contributed by atoms with E-state index in [-0.39, 0.29) is 11.9 Å². The molecule has 1 atom stereocenters. The summed E-state index contributed by atoms with van der Waals surface area (Å²) in [4.78, 5) is 19.6. The van der Waals surface area contributed by atoms with E-state index in [2.05, 4.69) is 26.6 Å². The number of nitrogens with one attached hydrogen (secondary N) is 1. The van der Waals surface area contributed by atoms with E-state index < -0.39 is 0 Å². The second-order valence-corrected chi connectivity index (χ2v) is 7.81. The van der Waals surface area contributed by atoms with Crippen LogP contribution in [-0.2, 0) is 0 Å². The Morgan fingerprint density at radius 3 is 2.95 bits per heavy atom. The van der Waals surface area contributed by atoms with Crippen molar-refractivity contribution in [3.63, 3.8) is 0 Å². The summed E-state index contributed by atoms with van der Waals surface area (Å²) in [5, 5.41) is 7.38. The number of pyridine rings is 1. The van der Waals surface area contributed by atoms with Crippen LogP contribution in [0.4, 0.5) is 0 Å². The van der Waals surface area contributed by atoms with Gasteiger partial charge >= 0.3 is 0 Å². The molecule has 3 aliphatic rings. The first-order valence-electron chi connectivity index (χ1n) is 7.70. The van der Waals surface area contributed by atoms with Gasteiger partial charge in [0.25, 0.3) is 5.91 Å². The number of rotatable bonds is 3. The Bertz CT molecular complexity index is 706.